The van der Waals surface area contributed by atoms with Crippen molar-refractivity contribution in [1.29, 1.82) is 0 Å². The number of halogens is 1. The van der Waals surface area contributed by atoms with Gasteiger partial charge in [-0.15, -0.1) is 0 Å². The van der Waals surface area contributed by atoms with Crippen LogP contribution in [0.1, 0.15) is 58.6 Å². The lowest BCUT2D eigenvalue weighted by molar-refractivity contribution is 0.129. The van der Waals surface area contributed by atoms with Crippen LogP contribution < -0.4 is 9.47 Å². The predicted octanol–water partition coefficient (Wildman–Crippen LogP) is 7.52. The highest BCUT2D eigenvalue weighted by molar-refractivity contribution is 14.1. The third-order valence-corrected chi connectivity index (χ3v) is 5.50. The van der Waals surface area contributed by atoms with Crippen molar-refractivity contribution in [2.45, 2.75) is 59.5 Å². The Labute approximate surface area is 178 Å². The van der Waals surface area contributed by atoms with E-state index in [-0.39, 0.29) is 5.60 Å². The van der Waals surface area contributed by atoms with Crippen molar-refractivity contribution in [2.24, 2.45) is 0 Å². The second-order valence-electron chi connectivity index (χ2n) is 7.72. The molecule has 0 bridgehead atoms. The van der Waals surface area contributed by atoms with Crippen LogP contribution in [0.15, 0.2) is 36.9 Å². The van der Waals surface area contributed by atoms with Crippen LogP contribution in [0.3, 0.4) is 0 Å². The van der Waals surface area contributed by atoms with Gasteiger partial charge in [0.2, 0.25) is 0 Å². The summed E-state index contributed by atoms with van der Waals surface area (Å²) in [6, 6.07) is 10.6. The quantitative estimate of drug-likeness (QED) is 0.383. The maximum absolute atomic E-state index is 6.24. The molecule has 2 aromatic rings. The molecule has 0 amide bonds. The van der Waals surface area contributed by atoms with Crippen LogP contribution in [0.25, 0.3) is 16.7 Å². The highest BCUT2D eigenvalue weighted by Crippen LogP contribution is 2.45. The molecule has 0 radical (unpaired) electrons. The Hall–Kier alpha value is -1.49. The van der Waals surface area contributed by atoms with Crippen LogP contribution in [-0.4, -0.2) is 12.7 Å². The fourth-order valence-electron chi connectivity index (χ4n) is 3.21. The summed E-state index contributed by atoms with van der Waals surface area (Å²) >= 11 is 2.40. The lowest BCUT2D eigenvalue weighted by Gasteiger charge is -2.25. The summed E-state index contributed by atoms with van der Waals surface area (Å²) in [7, 11) is 1.73. The van der Waals surface area contributed by atoms with E-state index < -0.39 is 0 Å². The van der Waals surface area contributed by atoms with E-state index in [4.69, 9.17) is 9.47 Å². The van der Waals surface area contributed by atoms with Crippen LogP contribution in [0, 0.1) is 3.57 Å². The molecule has 0 aliphatic heterocycles. The molecule has 0 aliphatic rings. The van der Waals surface area contributed by atoms with Gasteiger partial charge in [-0.1, -0.05) is 45.0 Å². The second kappa shape index (κ2) is 9.13. The number of hydrogen-bond acceptors (Lipinski definition) is 2. The monoisotopic (exact) mass is 478 g/mol. The molecule has 2 aromatic carbocycles. The van der Waals surface area contributed by atoms with E-state index in [1.165, 1.54) is 16.7 Å². The number of hydrogen-bond donors (Lipinski definition) is 0. The summed E-state index contributed by atoms with van der Waals surface area (Å²) in [5.74, 6) is 1.76. The topological polar surface area (TPSA) is 18.5 Å². The molecule has 2 nitrogen and oxygen atoms in total. The average molecular weight is 478 g/mol. The zero-order chi connectivity index (χ0) is 20.2. The number of benzene rings is 2. The van der Waals surface area contributed by atoms with Crippen LogP contribution in [0.2, 0.25) is 0 Å². The summed E-state index contributed by atoms with van der Waals surface area (Å²) in [5.41, 5.74) is 5.74. The van der Waals surface area contributed by atoms with E-state index in [0.29, 0.717) is 0 Å². The Balaban J connectivity index is 2.83. The highest BCUT2D eigenvalue weighted by atomic mass is 127. The molecule has 0 unspecified atom stereocenters. The molecule has 0 N–H and O–H groups in total. The first-order valence-corrected chi connectivity index (χ1v) is 10.7. The minimum Gasteiger partial charge on any atom is -0.496 e. The maximum Gasteiger partial charge on any atom is 0.134 e. The molecular weight excluding hydrogens is 447 g/mol. The minimum atomic E-state index is -0.259. The van der Waals surface area contributed by atoms with Crippen molar-refractivity contribution >= 4 is 28.2 Å². The first-order chi connectivity index (χ1) is 12.7. The van der Waals surface area contributed by atoms with Gasteiger partial charge in [0.15, 0.2) is 0 Å². The van der Waals surface area contributed by atoms with Gasteiger partial charge >= 0.3 is 0 Å². The van der Waals surface area contributed by atoms with Gasteiger partial charge < -0.3 is 9.47 Å². The molecule has 3 heteroatoms. The molecule has 0 aliphatic carbocycles. The van der Waals surface area contributed by atoms with E-state index in [1.807, 2.05) is 12.1 Å². The van der Waals surface area contributed by atoms with Crippen molar-refractivity contribution in [3.63, 3.8) is 0 Å². The fraction of sp³-hybridized carbons (Fsp3) is 0.417. The Morgan fingerprint density at radius 3 is 2.26 bits per heavy atom. The molecular formula is C24H31IO2. The molecule has 0 spiro atoms. The van der Waals surface area contributed by atoms with Crippen LogP contribution in [-0.2, 0) is 6.42 Å². The molecule has 0 saturated carbocycles. The zero-order valence-electron chi connectivity index (χ0n) is 17.4. The largest absolute Gasteiger partial charge is 0.496 e. The zero-order valence-corrected chi connectivity index (χ0v) is 19.6. The van der Waals surface area contributed by atoms with Crippen molar-refractivity contribution in [2.75, 3.05) is 7.11 Å². The molecule has 27 heavy (non-hydrogen) atoms. The normalized spacial score (nSPS) is 11.4. The maximum atomic E-state index is 6.24. The first-order valence-electron chi connectivity index (χ1n) is 9.59. The first kappa shape index (κ1) is 21.8. The third-order valence-electron chi connectivity index (χ3n) is 4.43. The predicted molar refractivity (Wildman–Crippen MR) is 125 cm³/mol. The van der Waals surface area contributed by atoms with Gasteiger partial charge in [0.25, 0.3) is 0 Å². The molecule has 146 valence electrons. The van der Waals surface area contributed by atoms with E-state index in [2.05, 4.69) is 82.0 Å². The van der Waals surface area contributed by atoms with Crippen molar-refractivity contribution < 1.29 is 9.47 Å². The summed E-state index contributed by atoms with van der Waals surface area (Å²) in [5, 5.41) is 0. The molecule has 0 fully saturated rings. The highest BCUT2D eigenvalue weighted by Gasteiger charge is 2.23. The average Bonchev–Trinajstić information content (AvgIpc) is 2.62. The summed E-state index contributed by atoms with van der Waals surface area (Å²) in [6.07, 6.45) is 3.02. The molecule has 2 rings (SSSR count). The lowest BCUT2D eigenvalue weighted by Crippen LogP contribution is -2.23. The number of methoxy groups -OCH3 is 1. The van der Waals surface area contributed by atoms with Gasteiger partial charge in [0.1, 0.15) is 17.1 Å². The third kappa shape index (κ3) is 5.07. The molecule has 0 heterocycles. The van der Waals surface area contributed by atoms with Crippen LogP contribution in [0.4, 0.5) is 0 Å². The number of ether oxygens (including phenoxy) is 2. The second-order valence-corrected chi connectivity index (χ2v) is 8.79. The van der Waals surface area contributed by atoms with E-state index in [0.717, 1.165) is 45.5 Å². The van der Waals surface area contributed by atoms with Crippen LogP contribution >= 0.6 is 22.6 Å². The smallest absolute Gasteiger partial charge is 0.134 e. The summed E-state index contributed by atoms with van der Waals surface area (Å²) in [4.78, 5) is 0. The Morgan fingerprint density at radius 2 is 1.70 bits per heavy atom. The van der Waals surface area contributed by atoms with Gasteiger partial charge in [0, 0.05) is 5.56 Å². The Kier molecular flexibility index (Phi) is 7.38. The Morgan fingerprint density at radius 1 is 1.04 bits per heavy atom. The summed E-state index contributed by atoms with van der Waals surface area (Å²) in [6.45, 7) is 14.9. The van der Waals surface area contributed by atoms with Crippen molar-refractivity contribution in [3.8, 4) is 22.6 Å². The van der Waals surface area contributed by atoms with Crippen LogP contribution in [0.5, 0.6) is 11.5 Å². The Bertz CT molecular complexity index is 816. The lowest BCUT2D eigenvalue weighted by atomic mass is 9.88. The van der Waals surface area contributed by atoms with Gasteiger partial charge in [-0.05, 0) is 90.6 Å². The van der Waals surface area contributed by atoms with Gasteiger partial charge in [-0.3, -0.25) is 0 Å². The number of rotatable bonds is 7. The van der Waals surface area contributed by atoms with Crippen molar-refractivity contribution in [1.82, 2.24) is 0 Å². The van der Waals surface area contributed by atoms with Crippen molar-refractivity contribution in [3.05, 3.63) is 51.6 Å². The van der Waals surface area contributed by atoms with E-state index in [9.17, 15) is 0 Å². The number of aryl methyl sites for hydroxylation is 1. The molecule has 0 atom stereocenters. The summed E-state index contributed by atoms with van der Waals surface area (Å²) < 4.78 is 13.1. The van der Waals surface area contributed by atoms with Gasteiger partial charge in [-0.25, -0.2) is 0 Å². The standard InChI is InChI=1S/C24H31IO2/c1-8-11-17-12-10-13-18(16(3)9-2)21(17)22-19(26-7)14-15-20(23(22)25)27-24(4,5)6/h10,12-15H,3,8-9,11H2,1-2,4-7H3. The van der Waals surface area contributed by atoms with Gasteiger partial charge in [0.05, 0.1) is 10.7 Å². The SMILES string of the molecule is C=C(CC)c1cccc(CCC)c1-c1c(OC)ccc(OC(C)(C)C)c1I. The molecule has 0 saturated heterocycles. The van der Waals surface area contributed by atoms with E-state index >= 15 is 0 Å². The minimum absolute atomic E-state index is 0.259. The fourth-order valence-corrected chi connectivity index (χ4v) is 4.03. The van der Waals surface area contributed by atoms with E-state index in [1.54, 1.807) is 7.11 Å². The molecule has 0 aromatic heterocycles. The number of allylic oxidation sites excluding steroid dienone is 1. The van der Waals surface area contributed by atoms with Gasteiger partial charge in [-0.2, -0.15) is 0 Å².